The molecule has 8 nitrogen and oxygen atoms in total. The third kappa shape index (κ3) is 5.27. The Balaban J connectivity index is 1.64. The maximum atomic E-state index is 13.0. The number of benzene rings is 1. The minimum absolute atomic E-state index is 0.0152. The molecule has 0 radical (unpaired) electrons. The Bertz CT molecular complexity index is 1150. The highest BCUT2D eigenvalue weighted by molar-refractivity contribution is 7.99. The maximum Gasteiger partial charge on any atom is 0.278 e. The van der Waals surface area contributed by atoms with Crippen LogP contribution in [0.4, 0.5) is 0 Å². The lowest BCUT2D eigenvalue weighted by molar-refractivity contribution is -0.118. The first-order valence-corrected chi connectivity index (χ1v) is 11.6. The molecule has 32 heavy (non-hydrogen) atoms. The van der Waals surface area contributed by atoms with E-state index in [4.69, 9.17) is 9.47 Å². The summed E-state index contributed by atoms with van der Waals surface area (Å²) in [4.78, 5) is 33.2. The van der Waals surface area contributed by atoms with Crippen molar-refractivity contribution in [3.63, 3.8) is 0 Å². The van der Waals surface area contributed by atoms with Gasteiger partial charge in [-0.1, -0.05) is 24.8 Å². The van der Waals surface area contributed by atoms with Crippen LogP contribution >= 0.6 is 11.8 Å². The summed E-state index contributed by atoms with van der Waals surface area (Å²) in [6.07, 6.45) is 1.46. The number of rotatable bonds is 10. The van der Waals surface area contributed by atoms with Gasteiger partial charge in [0.05, 0.1) is 25.5 Å². The number of carbonyl (C=O) groups excluding carboxylic acids is 1. The molecular formula is C23H30N4O4S. The van der Waals surface area contributed by atoms with Crippen molar-refractivity contribution >= 4 is 28.7 Å². The SMILES string of the molecule is CC[C@@H](C)n1c(SCC(=O)NCCc2ccc(OC)c(OC)c2)nc2cc(C)[nH]c2c1=O. The van der Waals surface area contributed by atoms with Gasteiger partial charge in [-0.3, -0.25) is 14.2 Å². The number of aromatic amines is 1. The van der Waals surface area contributed by atoms with Gasteiger partial charge in [0.2, 0.25) is 5.91 Å². The van der Waals surface area contributed by atoms with Crippen LogP contribution < -0.4 is 20.3 Å². The highest BCUT2D eigenvalue weighted by atomic mass is 32.2. The molecule has 2 N–H and O–H groups in total. The lowest BCUT2D eigenvalue weighted by Gasteiger charge is -2.17. The van der Waals surface area contributed by atoms with Gasteiger partial charge in [0.15, 0.2) is 16.7 Å². The van der Waals surface area contributed by atoms with Gasteiger partial charge in [-0.25, -0.2) is 4.98 Å². The first kappa shape index (κ1) is 23.7. The van der Waals surface area contributed by atoms with E-state index in [0.717, 1.165) is 17.7 Å². The Kier molecular flexibility index (Phi) is 7.84. The number of hydrogen-bond donors (Lipinski definition) is 2. The van der Waals surface area contributed by atoms with E-state index in [-0.39, 0.29) is 23.3 Å². The van der Waals surface area contributed by atoms with Crippen LogP contribution in [0.5, 0.6) is 11.5 Å². The molecule has 0 aliphatic heterocycles. The number of H-pyrrole nitrogens is 1. The van der Waals surface area contributed by atoms with Gasteiger partial charge in [-0.05, 0) is 50.5 Å². The first-order chi connectivity index (χ1) is 15.4. The molecule has 172 valence electrons. The molecule has 1 atom stereocenters. The smallest absolute Gasteiger partial charge is 0.278 e. The molecule has 0 aliphatic rings. The third-order valence-corrected chi connectivity index (χ3v) is 6.29. The van der Waals surface area contributed by atoms with Crippen LogP contribution in [0.25, 0.3) is 11.0 Å². The lowest BCUT2D eigenvalue weighted by Crippen LogP contribution is -2.29. The number of thioether (sulfide) groups is 1. The molecule has 1 amide bonds. The Morgan fingerprint density at radius 3 is 2.69 bits per heavy atom. The molecule has 0 bridgehead atoms. The molecule has 0 spiro atoms. The number of nitrogens with one attached hydrogen (secondary N) is 2. The zero-order valence-electron chi connectivity index (χ0n) is 19.2. The van der Waals surface area contributed by atoms with Crippen molar-refractivity contribution in [1.82, 2.24) is 19.9 Å². The Labute approximate surface area is 191 Å². The summed E-state index contributed by atoms with van der Waals surface area (Å²) in [5, 5.41) is 3.49. The van der Waals surface area contributed by atoms with E-state index in [1.54, 1.807) is 18.8 Å². The molecule has 3 aromatic rings. The number of fused-ring (bicyclic) bond motifs is 1. The number of hydrogen-bond acceptors (Lipinski definition) is 6. The molecule has 2 aromatic heterocycles. The number of methoxy groups -OCH3 is 2. The summed E-state index contributed by atoms with van der Waals surface area (Å²) in [6, 6.07) is 7.54. The Hall–Kier alpha value is -2.94. The average molecular weight is 459 g/mol. The van der Waals surface area contributed by atoms with Gasteiger partial charge in [0, 0.05) is 18.3 Å². The zero-order chi connectivity index (χ0) is 23.3. The van der Waals surface area contributed by atoms with Crippen LogP contribution in [0.3, 0.4) is 0 Å². The summed E-state index contributed by atoms with van der Waals surface area (Å²) in [7, 11) is 3.19. The number of carbonyl (C=O) groups is 1. The predicted molar refractivity (Wildman–Crippen MR) is 127 cm³/mol. The van der Waals surface area contributed by atoms with Crippen molar-refractivity contribution in [3.05, 3.63) is 45.9 Å². The maximum absolute atomic E-state index is 13.0. The van der Waals surface area contributed by atoms with Gasteiger partial charge in [-0.2, -0.15) is 0 Å². The van der Waals surface area contributed by atoms with Crippen LogP contribution in [-0.2, 0) is 11.2 Å². The second-order valence-corrected chi connectivity index (χ2v) is 8.56. The third-order valence-electron chi connectivity index (χ3n) is 5.33. The van der Waals surface area contributed by atoms with Crippen molar-refractivity contribution in [2.75, 3.05) is 26.5 Å². The largest absolute Gasteiger partial charge is 0.493 e. The highest BCUT2D eigenvalue weighted by Gasteiger charge is 2.18. The van der Waals surface area contributed by atoms with Crippen molar-refractivity contribution in [2.45, 2.75) is 44.8 Å². The highest BCUT2D eigenvalue weighted by Crippen LogP contribution is 2.27. The normalized spacial score (nSPS) is 12.0. The van der Waals surface area contributed by atoms with E-state index >= 15 is 0 Å². The Morgan fingerprint density at radius 1 is 1.25 bits per heavy atom. The summed E-state index contributed by atoms with van der Waals surface area (Å²) in [6.45, 7) is 6.40. The molecule has 3 rings (SSSR count). The van der Waals surface area contributed by atoms with Gasteiger partial charge in [0.25, 0.3) is 5.56 Å². The van der Waals surface area contributed by atoms with Crippen LogP contribution in [0.1, 0.15) is 37.6 Å². The second kappa shape index (κ2) is 10.6. The van der Waals surface area contributed by atoms with E-state index in [1.165, 1.54) is 11.8 Å². The summed E-state index contributed by atoms with van der Waals surface area (Å²) in [5.41, 5.74) is 2.95. The molecule has 0 aliphatic carbocycles. The predicted octanol–water partition coefficient (Wildman–Crippen LogP) is 3.47. The average Bonchev–Trinajstić information content (AvgIpc) is 3.17. The molecular weight excluding hydrogens is 428 g/mol. The number of aromatic nitrogens is 3. The zero-order valence-corrected chi connectivity index (χ0v) is 20.0. The van der Waals surface area contributed by atoms with E-state index in [1.807, 2.05) is 45.0 Å². The minimum atomic E-state index is -0.106. The number of amides is 1. The van der Waals surface area contributed by atoms with Crippen molar-refractivity contribution < 1.29 is 14.3 Å². The summed E-state index contributed by atoms with van der Waals surface area (Å²) >= 11 is 1.28. The molecule has 0 fully saturated rings. The second-order valence-electron chi connectivity index (χ2n) is 7.62. The Morgan fingerprint density at radius 2 is 2.00 bits per heavy atom. The van der Waals surface area contributed by atoms with Gasteiger partial charge in [0.1, 0.15) is 5.52 Å². The van der Waals surface area contributed by atoms with E-state index < -0.39 is 0 Å². The number of aryl methyl sites for hydroxylation is 1. The van der Waals surface area contributed by atoms with Gasteiger partial charge in [-0.15, -0.1) is 0 Å². The quantitative estimate of drug-likeness (QED) is 0.357. The van der Waals surface area contributed by atoms with Crippen LogP contribution in [0.2, 0.25) is 0 Å². The standard InChI is InChI=1S/C23H30N4O4S/c1-6-15(3)27-22(29)21-17(11-14(2)25-21)26-23(27)32-13-20(28)24-10-9-16-7-8-18(30-4)19(12-16)31-5/h7-8,11-12,15,25H,6,9-10,13H2,1-5H3,(H,24,28)/t15-/m1/s1. The molecule has 9 heteroatoms. The molecule has 2 heterocycles. The van der Waals surface area contributed by atoms with Crippen LogP contribution in [0, 0.1) is 6.92 Å². The monoisotopic (exact) mass is 458 g/mol. The minimum Gasteiger partial charge on any atom is -0.493 e. The van der Waals surface area contributed by atoms with E-state index in [2.05, 4.69) is 15.3 Å². The lowest BCUT2D eigenvalue weighted by atomic mass is 10.1. The van der Waals surface area contributed by atoms with Crippen molar-refractivity contribution in [1.29, 1.82) is 0 Å². The number of ether oxygens (including phenoxy) is 2. The van der Waals surface area contributed by atoms with Crippen LogP contribution in [0.15, 0.2) is 34.2 Å². The molecule has 0 saturated carbocycles. The van der Waals surface area contributed by atoms with Gasteiger partial charge < -0.3 is 19.8 Å². The molecule has 0 saturated heterocycles. The molecule has 1 aromatic carbocycles. The van der Waals surface area contributed by atoms with Crippen molar-refractivity contribution in [2.24, 2.45) is 0 Å². The summed E-state index contributed by atoms with van der Waals surface area (Å²) < 4.78 is 12.3. The van der Waals surface area contributed by atoms with Crippen molar-refractivity contribution in [3.8, 4) is 11.5 Å². The van der Waals surface area contributed by atoms with E-state index in [0.29, 0.717) is 40.7 Å². The summed E-state index contributed by atoms with van der Waals surface area (Å²) in [5.74, 6) is 1.41. The molecule has 0 unspecified atom stereocenters. The fourth-order valence-corrected chi connectivity index (χ4v) is 4.35. The first-order valence-electron chi connectivity index (χ1n) is 10.6. The topological polar surface area (TPSA) is 98.2 Å². The van der Waals surface area contributed by atoms with Gasteiger partial charge >= 0.3 is 0 Å². The van der Waals surface area contributed by atoms with Crippen LogP contribution in [-0.4, -0.2) is 47.0 Å². The number of nitrogens with zero attached hydrogens (tertiary/aromatic N) is 2. The van der Waals surface area contributed by atoms with E-state index in [9.17, 15) is 9.59 Å². The fraction of sp³-hybridized carbons (Fsp3) is 0.435. The fourth-order valence-electron chi connectivity index (χ4n) is 3.43.